The number of methoxy groups -OCH3 is 1. The van der Waals surface area contributed by atoms with Crippen LogP contribution in [0, 0.1) is 0 Å². The molecule has 1 aromatic heterocycles. The zero-order valence-electron chi connectivity index (χ0n) is 18.5. The van der Waals surface area contributed by atoms with Crippen molar-refractivity contribution >= 4 is 21.6 Å². The van der Waals surface area contributed by atoms with Gasteiger partial charge >= 0.3 is 0 Å². The van der Waals surface area contributed by atoms with Crippen molar-refractivity contribution in [3.05, 3.63) is 114 Å². The highest BCUT2D eigenvalue weighted by Crippen LogP contribution is 2.28. The molecule has 0 aliphatic carbocycles. The second kappa shape index (κ2) is 10.3. The van der Waals surface area contributed by atoms with E-state index in [4.69, 9.17) is 9.15 Å². The fourth-order valence-electron chi connectivity index (χ4n) is 3.42. The van der Waals surface area contributed by atoms with E-state index in [9.17, 15) is 13.2 Å². The second-order valence-electron chi connectivity index (χ2n) is 7.49. The number of sulfonamides is 1. The summed E-state index contributed by atoms with van der Waals surface area (Å²) in [7, 11) is -2.44. The Bertz CT molecular complexity index is 1340. The first-order valence-electron chi connectivity index (χ1n) is 10.6. The topological polar surface area (TPSA) is 88.8 Å². The van der Waals surface area contributed by atoms with Crippen molar-refractivity contribution in [2.75, 3.05) is 11.4 Å². The molecule has 174 valence electrons. The van der Waals surface area contributed by atoms with Gasteiger partial charge < -0.3 is 14.5 Å². The number of ether oxygens (including phenoxy) is 1. The minimum Gasteiger partial charge on any atom is -0.497 e. The number of amides is 1. The third-order valence-corrected chi connectivity index (χ3v) is 6.99. The predicted octanol–water partition coefficient (Wildman–Crippen LogP) is 4.61. The van der Waals surface area contributed by atoms with E-state index >= 15 is 0 Å². The van der Waals surface area contributed by atoms with E-state index in [2.05, 4.69) is 5.32 Å². The van der Waals surface area contributed by atoms with Crippen molar-refractivity contribution < 1.29 is 22.4 Å². The Kier molecular flexibility index (Phi) is 6.98. The Morgan fingerprint density at radius 1 is 0.941 bits per heavy atom. The van der Waals surface area contributed by atoms with Gasteiger partial charge in [-0.2, -0.15) is 0 Å². The van der Waals surface area contributed by atoms with Crippen molar-refractivity contribution in [2.45, 2.75) is 18.0 Å². The fraction of sp³-hybridized carbons (Fsp3) is 0.115. The predicted molar refractivity (Wildman–Crippen MR) is 129 cm³/mol. The summed E-state index contributed by atoms with van der Waals surface area (Å²) >= 11 is 0. The van der Waals surface area contributed by atoms with Crippen LogP contribution in [0.3, 0.4) is 0 Å². The van der Waals surface area contributed by atoms with Crippen molar-refractivity contribution in [3.63, 3.8) is 0 Å². The van der Waals surface area contributed by atoms with Crippen LogP contribution in [-0.4, -0.2) is 21.4 Å². The minimum absolute atomic E-state index is 0.0184. The number of carbonyl (C=O) groups is 1. The molecule has 0 saturated heterocycles. The van der Waals surface area contributed by atoms with Crippen molar-refractivity contribution in [3.8, 4) is 5.75 Å². The number of nitrogens with zero attached hydrogens (tertiary/aromatic N) is 1. The molecular formula is C26H24N2O5S. The van der Waals surface area contributed by atoms with Gasteiger partial charge in [0.15, 0.2) is 0 Å². The number of carbonyl (C=O) groups excluding carboxylic acids is 1. The van der Waals surface area contributed by atoms with Gasteiger partial charge in [-0.3, -0.25) is 9.10 Å². The van der Waals surface area contributed by atoms with E-state index < -0.39 is 15.9 Å². The molecule has 0 unspecified atom stereocenters. The maximum Gasteiger partial charge on any atom is 0.264 e. The lowest BCUT2D eigenvalue weighted by molar-refractivity contribution is 0.0948. The average Bonchev–Trinajstić information content (AvgIpc) is 3.40. The summed E-state index contributed by atoms with van der Waals surface area (Å²) in [5.74, 6) is 0.828. The molecule has 1 N–H and O–H groups in total. The molecule has 0 saturated carbocycles. The first kappa shape index (κ1) is 23.1. The number of hydrogen-bond acceptors (Lipinski definition) is 5. The van der Waals surface area contributed by atoms with Gasteiger partial charge in [0.05, 0.1) is 37.0 Å². The van der Waals surface area contributed by atoms with Crippen LogP contribution >= 0.6 is 0 Å². The third-order valence-electron chi connectivity index (χ3n) is 5.22. The van der Waals surface area contributed by atoms with Gasteiger partial charge in [0.1, 0.15) is 11.5 Å². The normalized spacial score (nSPS) is 11.1. The molecule has 0 aliphatic rings. The van der Waals surface area contributed by atoms with Gasteiger partial charge in [-0.25, -0.2) is 8.42 Å². The molecule has 8 heteroatoms. The summed E-state index contributed by atoms with van der Waals surface area (Å²) in [6.45, 7) is 0.333. The largest absolute Gasteiger partial charge is 0.497 e. The van der Waals surface area contributed by atoms with Crippen molar-refractivity contribution in [1.29, 1.82) is 0 Å². The van der Waals surface area contributed by atoms with E-state index in [1.165, 1.54) is 22.7 Å². The number of benzene rings is 3. The monoisotopic (exact) mass is 476 g/mol. The summed E-state index contributed by atoms with van der Waals surface area (Å²) in [6, 6.07) is 25.6. The number of hydrogen-bond donors (Lipinski definition) is 1. The van der Waals surface area contributed by atoms with Gasteiger partial charge in [0, 0.05) is 5.56 Å². The van der Waals surface area contributed by atoms with Crippen LogP contribution in [-0.2, 0) is 23.1 Å². The number of nitrogens with one attached hydrogen (secondary N) is 1. The van der Waals surface area contributed by atoms with Gasteiger partial charge in [0.2, 0.25) is 0 Å². The summed E-state index contributed by atoms with van der Waals surface area (Å²) in [6.07, 6.45) is 1.52. The number of furan rings is 1. The first-order valence-corrected chi connectivity index (χ1v) is 12.0. The highest BCUT2D eigenvalue weighted by Gasteiger charge is 2.26. The lowest BCUT2D eigenvalue weighted by Crippen LogP contribution is -2.31. The number of anilines is 1. The molecule has 4 aromatic rings. The molecule has 4 rings (SSSR count). The van der Waals surface area contributed by atoms with Gasteiger partial charge in [-0.15, -0.1) is 0 Å². The lowest BCUT2D eigenvalue weighted by atomic mass is 10.2. The Labute approximate surface area is 198 Å². The van der Waals surface area contributed by atoms with E-state index in [0.29, 0.717) is 17.2 Å². The summed E-state index contributed by atoms with van der Waals surface area (Å²) < 4.78 is 39.3. The lowest BCUT2D eigenvalue weighted by Gasteiger charge is -2.25. The van der Waals surface area contributed by atoms with Crippen LogP contribution in [0.2, 0.25) is 0 Å². The fourth-order valence-corrected chi connectivity index (χ4v) is 4.92. The standard InChI is InChI=1S/C26H24N2O5S/c1-32-23-14-12-22(13-15-23)28(19-20-7-3-2-4-8-20)34(30,31)25-11-5-9-21(17-25)26(29)27-18-24-10-6-16-33-24/h2-17H,18-19H2,1H3,(H,27,29). The summed E-state index contributed by atoms with van der Waals surface area (Å²) in [4.78, 5) is 12.7. The molecule has 0 radical (unpaired) electrons. The van der Waals surface area contributed by atoms with Crippen molar-refractivity contribution in [1.82, 2.24) is 5.32 Å². The summed E-state index contributed by atoms with van der Waals surface area (Å²) in [5.41, 5.74) is 1.55. The minimum atomic E-state index is -3.99. The quantitative estimate of drug-likeness (QED) is 0.381. The maximum atomic E-state index is 13.8. The Morgan fingerprint density at radius 3 is 2.38 bits per heavy atom. The Morgan fingerprint density at radius 2 is 1.71 bits per heavy atom. The molecule has 1 amide bonds. The van der Waals surface area contributed by atoms with Gasteiger partial charge in [-0.1, -0.05) is 36.4 Å². The number of rotatable bonds is 9. The molecule has 7 nitrogen and oxygen atoms in total. The van der Waals surface area contributed by atoms with Crippen LogP contribution in [0.15, 0.2) is 107 Å². The Balaban J connectivity index is 1.65. The molecule has 34 heavy (non-hydrogen) atoms. The molecule has 0 spiro atoms. The van der Waals surface area contributed by atoms with Crippen LogP contribution in [0.25, 0.3) is 0 Å². The van der Waals surface area contributed by atoms with E-state index in [-0.39, 0.29) is 23.5 Å². The van der Waals surface area contributed by atoms with Crippen LogP contribution in [0.4, 0.5) is 5.69 Å². The summed E-state index contributed by atoms with van der Waals surface area (Å²) in [5, 5.41) is 2.74. The van der Waals surface area contributed by atoms with Crippen LogP contribution in [0.1, 0.15) is 21.7 Å². The van der Waals surface area contributed by atoms with Crippen LogP contribution < -0.4 is 14.4 Å². The van der Waals surface area contributed by atoms with E-state index in [0.717, 1.165) is 5.56 Å². The molecule has 0 atom stereocenters. The van der Waals surface area contributed by atoms with E-state index in [1.54, 1.807) is 55.6 Å². The SMILES string of the molecule is COc1ccc(N(Cc2ccccc2)S(=O)(=O)c2cccc(C(=O)NCc3ccco3)c2)cc1. The van der Waals surface area contributed by atoms with Crippen LogP contribution in [0.5, 0.6) is 5.75 Å². The smallest absolute Gasteiger partial charge is 0.264 e. The van der Waals surface area contributed by atoms with E-state index in [1.807, 2.05) is 30.3 Å². The molecule has 0 aliphatic heterocycles. The molecule has 0 bridgehead atoms. The highest BCUT2D eigenvalue weighted by atomic mass is 32.2. The highest BCUT2D eigenvalue weighted by molar-refractivity contribution is 7.92. The zero-order chi connectivity index (χ0) is 24.0. The Hall–Kier alpha value is -4.04. The van der Waals surface area contributed by atoms with Gasteiger partial charge in [-0.05, 0) is 60.2 Å². The second-order valence-corrected chi connectivity index (χ2v) is 9.35. The van der Waals surface area contributed by atoms with Gasteiger partial charge in [0.25, 0.3) is 15.9 Å². The molecule has 1 heterocycles. The molecule has 0 fully saturated rings. The average molecular weight is 477 g/mol. The maximum absolute atomic E-state index is 13.8. The molecule has 3 aromatic carbocycles. The first-order chi connectivity index (χ1) is 16.5. The third kappa shape index (κ3) is 5.29. The molecular weight excluding hydrogens is 452 g/mol. The zero-order valence-corrected chi connectivity index (χ0v) is 19.4. The van der Waals surface area contributed by atoms with Crippen molar-refractivity contribution in [2.24, 2.45) is 0 Å².